The van der Waals surface area contributed by atoms with Crippen LogP contribution in [0.3, 0.4) is 0 Å². The van der Waals surface area contributed by atoms with E-state index in [9.17, 15) is 0 Å². The van der Waals surface area contributed by atoms with Crippen LogP contribution in [0.2, 0.25) is 0 Å². The van der Waals surface area contributed by atoms with Crippen LogP contribution in [-0.2, 0) is 0 Å². The predicted octanol–water partition coefficient (Wildman–Crippen LogP) is 7.08. The topological polar surface area (TPSA) is 0 Å². The first kappa shape index (κ1) is 19.0. The molecule has 0 aromatic heterocycles. The minimum atomic E-state index is 0. The summed E-state index contributed by atoms with van der Waals surface area (Å²) in [4.78, 5) is 0. The molecule has 0 aromatic carbocycles. The summed E-state index contributed by atoms with van der Waals surface area (Å²) in [6.45, 7) is 8.00. The average molecular weight is 269 g/mol. The summed E-state index contributed by atoms with van der Waals surface area (Å²) in [5.74, 6) is 4.69. The Hall–Kier alpha value is 0. The van der Waals surface area contributed by atoms with Gasteiger partial charge in [-0.2, -0.15) is 0 Å². The van der Waals surface area contributed by atoms with Crippen LogP contribution < -0.4 is 0 Å². The first-order chi connectivity index (χ1) is 8.90. The second-order valence-corrected chi connectivity index (χ2v) is 6.24. The molecule has 19 heavy (non-hydrogen) atoms. The van der Waals surface area contributed by atoms with Crippen LogP contribution in [0.1, 0.15) is 99.3 Å². The fraction of sp³-hybridized carbons (Fsp3) is 1.00. The maximum atomic E-state index is 2.00. The van der Waals surface area contributed by atoms with E-state index in [1.807, 2.05) is 27.7 Å². The summed E-state index contributed by atoms with van der Waals surface area (Å²) < 4.78 is 0. The van der Waals surface area contributed by atoms with Gasteiger partial charge >= 0.3 is 0 Å². The molecule has 0 amide bonds. The van der Waals surface area contributed by atoms with Crippen molar-refractivity contribution in [3.8, 4) is 0 Å². The summed E-state index contributed by atoms with van der Waals surface area (Å²) in [7, 11) is 0. The van der Waals surface area contributed by atoms with Gasteiger partial charge in [-0.3, -0.25) is 0 Å². The molecule has 4 bridgehead atoms. The van der Waals surface area contributed by atoms with Crippen LogP contribution in [0.5, 0.6) is 0 Å². The average Bonchev–Trinajstić information content (AvgIpc) is 3.25. The van der Waals surface area contributed by atoms with E-state index in [1.165, 1.54) is 23.7 Å². The molecular formula is C19H40. The molecule has 4 aliphatic rings. The van der Waals surface area contributed by atoms with Crippen LogP contribution in [0.15, 0.2) is 0 Å². The summed E-state index contributed by atoms with van der Waals surface area (Å²) in [5.41, 5.74) is 0. The standard InChI is InChI=1S/2C7H12.2C2H6.CH4/c2*1-2-7-4-3-6(1)5-7;2*1-2;/h2*6-7H,1-5H2;2*1-2H3;1H4. The quantitative estimate of drug-likeness (QED) is 0.440. The summed E-state index contributed by atoms with van der Waals surface area (Å²) in [6.07, 6.45) is 15.6. The van der Waals surface area contributed by atoms with Gasteiger partial charge in [-0.05, 0) is 36.5 Å². The van der Waals surface area contributed by atoms with Crippen LogP contribution >= 0.6 is 0 Å². The monoisotopic (exact) mass is 268 g/mol. The van der Waals surface area contributed by atoms with Crippen molar-refractivity contribution >= 4 is 0 Å². The first-order valence-electron chi connectivity index (χ1n) is 8.90. The molecule has 4 aliphatic carbocycles. The lowest BCUT2D eigenvalue weighted by atomic mass is 10.0. The van der Waals surface area contributed by atoms with Crippen molar-refractivity contribution in [2.24, 2.45) is 23.7 Å². The Bertz CT molecular complexity index is 138. The predicted molar refractivity (Wildman–Crippen MR) is 89.6 cm³/mol. The Morgan fingerprint density at radius 2 is 0.579 bits per heavy atom. The molecule has 0 aromatic rings. The molecule has 116 valence electrons. The zero-order valence-electron chi connectivity index (χ0n) is 13.4. The Balaban J connectivity index is 0.000000261. The Morgan fingerprint density at radius 1 is 0.421 bits per heavy atom. The number of hydrogen-bond acceptors (Lipinski definition) is 0. The van der Waals surface area contributed by atoms with Crippen LogP contribution in [0.4, 0.5) is 0 Å². The third-order valence-electron chi connectivity index (χ3n) is 5.27. The van der Waals surface area contributed by atoms with E-state index in [4.69, 9.17) is 0 Å². The van der Waals surface area contributed by atoms with Crippen molar-refractivity contribution in [3.05, 3.63) is 0 Å². The molecule has 4 rings (SSSR count). The smallest absolute Gasteiger partial charge is 0.0411 e. The molecule has 0 aliphatic heterocycles. The lowest BCUT2D eigenvalue weighted by Crippen LogP contribution is -1.90. The van der Waals surface area contributed by atoms with E-state index in [1.54, 1.807) is 64.2 Å². The molecule has 0 nitrogen and oxygen atoms in total. The molecule has 0 saturated heterocycles. The van der Waals surface area contributed by atoms with Gasteiger partial charge in [0.1, 0.15) is 0 Å². The van der Waals surface area contributed by atoms with E-state index < -0.39 is 0 Å². The highest BCUT2D eigenvalue weighted by molar-refractivity contribution is 4.83. The lowest BCUT2D eigenvalue weighted by Gasteiger charge is -2.05. The molecule has 4 fully saturated rings. The molecule has 0 radical (unpaired) electrons. The third-order valence-corrected chi connectivity index (χ3v) is 5.27. The van der Waals surface area contributed by atoms with E-state index >= 15 is 0 Å². The minimum Gasteiger partial charge on any atom is -0.0776 e. The second-order valence-electron chi connectivity index (χ2n) is 6.24. The van der Waals surface area contributed by atoms with Gasteiger partial charge in [-0.1, -0.05) is 86.5 Å². The number of fused-ring (bicyclic) bond motifs is 4. The highest BCUT2D eigenvalue weighted by Gasteiger charge is 2.31. The van der Waals surface area contributed by atoms with Gasteiger partial charge in [0.25, 0.3) is 0 Å². The third kappa shape index (κ3) is 5.88. The van der Waals surface area contributed by atoms with Gasteiger partial charge < -0.3 is 0 Å². The fourth-order valence-corrected chi connectivity index (χ4v) is 4.35. The van der Waals surface area contributed by atoms with Gasteiger partial charge in [0.05, 0.1) is 0 Å². The zero-order valence-corrected chi connectivity index (χ0v) is 13.4. The van der Waals surface area contributed by atoms with Gasteiger partial charge in [0.2, 0.25) is 0 Å². The van der Waals surface area contributed by atoms with Gasteiger partial charge in [0, 0.05) is 0 Å². The van der Waals surface area contributed by atoms with Gasteiger partial charge in [-0.15, -0.1) is 0 Å². The van der Waals surface area contributed by atoms with Crippen molar-refractivity contribution in [2.75, 3.05) is 0 Å². The summed E-state index contributed by atoms with van der Waals surface area (Å²) in [6, 6.07) is 0. The van der Waals surface area contributed by atoms with Crippen LogP contribution in [-0.4, -0.2) is 0 Å². The Labute approximate surface area is 123 Å². The number of hydrogen-bond donors (Lipinski definition) is 0. The van der Waals surface area contributed by atoms with Crippen molar-refractivity contribution < 1.29 is 0 Å². The lowest BCUT2D eigenvalue weighted by molar-refractivity contribution is 0.480. The molecule has 0 spiro atoms. The van der Waals surface area contributed by atoms with E-state index in [2.05, 4.69) is 0 Å². The SMILES string of the molecule is C.C1CC2CCC1C2.C1CC2CCC1C2.CC.CC. The first-order valence-corrected chi connectivity index (χ1v) is 8.90. The molecule has 0 heteroatoms. The van der Waals surface area contributed by atoms with Crippen LogP contribution in [0.25, 0.3) is 0 Å². The van der Waals surface area contributed by atoms with Gasteiger partial charge in [0.15, 0.2) is 0 Å². The highest BCUT2D eigenvalue weighted by Crippen LogP contribution is 2.44. The van der Waals surface area contributed by atoms with Crippen molar-refractivity contribution in [1.29, 1.82) is 0 Å². The van der Waals surface area contributed by atoms with Crippen molar-refractivity contribution in [3.63, 3.8) is 0 Å². The largest absolute Gasteiger partial charge is 0.0776 e. The van der Waals surface area contributed by atoms with Crippen LogP contribution in [0, 0.1) is 23.7 Å². The van der Waals surface area contributed by atoms with Crippen molar-refractivity contribution in [2.45, 2.75) is 99.3 Å². The van der Waals surface area contributed by atoms with Gasteiger partial charge in [-0.25, -0.2) is 0 Å². The maximum Gasteiger partial charge on any atom is -0.0411 e. The molecule has 0 heterocycles. The molecule has 4 saturated carbocycles. The summed E-state index contributed by atoms with van der Waals surface area (Å²) in [5, 5.41) is 0. The van der Waals surface area contributed by atoms with E-state index in [-0.39, 0.29) is 7.43 Å². The molecule has 0 atom stereocenters. The Kier molecular flexibility index (Phi) is 10.7. The van der Waals surface area contributed by atoms with E-state index in [0.29, 0.717) is 0 Å². The second kappa shape index (κ2) is 10.7. The normalized spacial score (nSPS) is 36.0. The highest BCUT2D eigenvalue weighted by atomic mass is 14.4. The van der Waals surface area contributed by atoms with Crippen molar-refractivity contribution in [1.82, 2.24) is 0 Å². The minimum absolute atomic E-state index is 0. The Morgan fingerprint density at radius 3 is 0.632 bits per heavy atom. The van der Waals surface area contributed by atoms with E-state index in [0.717, 1.165) is 0 Å². The number of rotatable bonds is 0. The molecule has 0 unspecified atom stereocenters. The maximum absolute atomic E-state index is 2.00. The zero-order chi connectivity index (χ0) is 13.4. The molecule has 0 N–H and O–H groups in total. The summed E-state index contributed by atoms with van der Waals surface area (Å²) >= 11 is 0. The fourth-order valence-electron chi connectivity index (χ4n) is 4.35. The molecular weight excluding hydrogens is 228 g/mol.